The first-order valence-corrected chi connectivity index (χ1v) is 9.92. The molecule has 0 aliphatic carbocycles. The average Bonchev–Trinajstić information content (AvgIpc) is 2.72. The van der Waals surface area contributed by atoms with Crippen LogP contribution in [-0.4, -0.2) is 88.4 Å². The van der Waals surface area contributed by atoms with Crippen molar-refractivity contribution in [3.05, 3.63) is 30.3 Å². The van der Waals surface area contributed by atoms with Crippen LogP contribution < -0.4 is 10.2 Å². The number of unbranched alkanes of at least 4 members (excludes halogenated alkanes) is 1. The monoisotopic (exact) mass is 359 g/mol. The van der Waals surface area contributed by atoms with Crippen molar-refractivity contribution in [2.24, 2.45) is 4.99 Å². The lowest BCUT2D eigenvalue weighted by Gasteiger charge is -2.37. The molecule has 0 atom stereocenters. The molecule has 0 radical (unpaired) electrons. The zero-order chi connectivity index (χ0) is 18.0. The lowest BCUT2D eigenvalue weighted by Crippen LogP contribution is -2.52. The first kappa shape index (κ1) is 19.0. The Morgan fingerprint density at radius 2 is 1.73 bits per heavy atom. The number of piperazine rings is 1. The van der Waals surface area contributed by atoms with Gasteiger partial charge in [-0.3, -0.25) is 9.89 Å². The molecule has 2 aliphatic rings. The minimum absolute atomic E-state index is 0.889. The van der Waals surface area contributed by atoms with Crippen LogP contribution in [0.2, 0.25) is 0 Å². The van der Waals surface area contributed by atoms with Gasteiger partial charge in [0.1, 0.15) is 0 Å². The van der Waals surface area contributed by atoms with E-state index in [9.17, 15) is 0 Å². The van der Waals surface area contributed by atoms with Gasteiger partial charge in [-0.1, -0.05) is 18.2 Å². The smallest absolute Gasteiger partial charge is 0.193 e. The van der Waals surface area contributed by atoms with Crippen LogP contribution in [0.15, 0.2) is 35.3 Å². The van der Waals surface area contributed by atoms with Gasteiger partial charge in [0.2, 0.25) is 0 Å². The summed E-state index contributed by atoms with van der Waals surface area (Å²) in [5.41, 5.74) is 1.32. The number of nitrogens with one attached hydrogen (secondary N) is 1. The molecule has 144 valence electrons. The standard InChI is InChI=1S/C20H33N5O/c1-21-20(22-9-5-6-10-23-15-17-26-18-16-23)25-13-11-24(12-14-25)19-7-3-2-4-8-19/h2-4,7-8H,5-6,9-18H2,1H3,(H,21,22). The van der Waals surface area contributed by atoms with E-state index in [1.54, 1.807) is 0 Å². The van der Waals surface area contributed by atoms with Gasteiger partial charge in [-0.15, -0.1) is 0 Å². The Hall–Kier alpha value is -1.79. The minimum Gasteiger partial charge on any atom is -0.379 e. The number of para-hydroxylation sites is 1. The third-order valence-corrected chi connectivity index (χ3v) is 5.20. The van der Waals surface area contributed by atoms with Crippen LogP contribution in [0.25, 0.3) is 0 Å². The van der Waals surface area contributed by atoms with Crippen molar-refractivity contribution in [3.8, 4) is 0 Å². The molecule has 0 bridgehead atoms. The van der Waals surface area contributed by atoms with Crippen LogP contribution in [0.5, 0.6) is 0 Å². The van der Waals surface area contributed by atoms with E-state index < -0.39 is 0 Å². The van der Waals surface area contributed by atoms with Crippen LogP contribution in [0.1, 0.15) is 12.8 Å². The van der Waals surface area contributed by atoms with Gasteiger partial charge in [-0.2, -0.15) is 0 Å². The largest absolute Gasteiger partial charge is 0.379 e. The maximum atomic E-state index is 5.40. The number of anilines is 1. The molecule has 0 saturated carbocycles. The third kappa shape index (κ3) is 5.61. The Kier molecular flexibility index (Phi) is 7.58. The summed E-state index contributed by atoms with van der Waals surface area (Å²) in [4.78, 5) is 11.8. The quantitative estimate of drug-likeness (QED) is 0.474. The molecule has 2 fully saturated rings. The van der Waals surface area contributed by atoms with Crippen molar-refractivity contribution < 1.29 is 4.74 Å². The average molecular weight is 360 g/mol. The number of benzene rings is 1. The summed E-state index contributed by atoms with van der Waals surface area (Å²) in [6.45, 7) is 10.2. The highest BCUT2D eigenvalue weighted by molar-refractivity contribution is 5.80. The van der Waals surface area contributed by atoms with E-state index in [2.05, 4.69) is 55.3 Å². The van der Waals surface area contributed by atoms with Gasteiger partial charge in [0.15, 0.2) is 5.96 Å². The molecule has 0 amide bonds. The van der Waals surface area contributed by atoms with E-state index in [1.165, 1.54) is 25.1 Å². The van der Waals surface area contributed by atoms with Crippen molar-refractivity contribution in [2.75, 3.05) is 77.5 Å². The number of hydrogen-bond acceptors (Lipinski definition) is 4. The number of aliphatic imine (C=N–C) groups is 1. The molecule has 2 aliphatic heterocycles. The SMILES string of the molecule is CN=C(NCCCCN1CCOCC1)N1CCN(c2ccccc2)CC1. The fourth-order valence-corrected chi connectivity index (χ4v) is 3.63. The molecular formula is C20H33N5O. The molecule has 3 rings (SSSR count). The van der Waals surface area contributed by atoms with E-state index in [4.69, 9.17) is 4.74 Å². The molecule has 0 spiro atoms. The Morgan fingerprint density at radius 1 is 1.00 bits per heavy atom. The summed E-state index contributed by atoms with van der Waals surface area (Å²) in [6, 6.07) is 10.7. The molecular weight excluding hydrogens is 326 g/mol. The molecule has 1 aromatic carbocycles. The molecule has 6 nitrogen and oxygen atoms in total. The predicted octanol–water partition coefficient (Wildman–Crippen LogP) is 1.50. The second kappa shape index (κ2) is 10.4. The van der Waals surface area contributed by atoms with Crippen LogP contribution in [0.4, 0.5) is 5.69 Å². The number of morpholine rings is 1. The lowest BCUT2D eigenvalue weighted by molar-refractivity contribution is 0.0372. The maximum absolute atomic E-state index is 5.40. The molecule has 6 heteroatoms. The summed E-state index contributed by atoms with van der Waals surface area (Å²) in [5.74, 6) is 1.05. The van der Waals surface area contributed by atoms with E-state index >= 15 is 0 Å². The second-order valence-electron chi connectivity index (χ2n) is 6.94. The van der Waals surface area contributed by atoms with Gasteiger partial charge in [0, 0.05) is 58.5 Å². The summed E-state index contributed by atoms with van der Waals surface area (Å²) < 4.78 is 5.40. The minimum atomic E-state index is 0.889. The first-order valence-electron chi connectivity index (χ1n) is 9.92. The maximum Gasteiger partial charge on any atom is 0.193 e. The van der Waals surface area contributed by atoms with E-state index in [1.807, 2.05) is 7.05 Å². The highest BCUT2D eigenvalue weighted by atomic mass is 16.5. The third-order valence-electron chi connectivity index (χ3n) is 5.20. The van der Waals surface area contributed by atoms with Crippen molar-refractivity contribution >= 4 is 11.6 Å². The fraction of sp³-hybridized carbons (Fsp3) is 0.650. The highest BCUT2D eigenvalue weighted by Crippen LogP contribution is 2.15. The molecule has 26 heavy (non-hydrogen) atoms. The first-order chi connectivity index (χ1) is 12.9. The lowest BCUT2D eigenvalue weighted by atomic mass is 10.2. The van der Waals surface area contributed by atoms with Gasteiger partial charge in [0.05, 0.1) is 13.2 Å². The van der Waals surface area contributed by atoms with Gasteiger partial charge >= 0.3 is 0 Å². The predicted molar refractivity (Wildman–Crippen MR) is 108 cm³/mol. The number of nitrogens with zero attached hydrogens (tertiary/aromatic N) is 4. The van der Waals surface area contributed by atoms with Crippen molar-refractivity contribution in [1.29, 1.82) is 0 Å². The number of hydrogen-bond donors (Lipinski definition) is 1. The molecule has 0 aromatic heterocycles. The summed E-state index contributed by atoms with van der Waals surface area (Å²) >= 11 is 0. The van der Waals surface area contributed by atoms with E-state index in [0.717, 1.165) is 65.0 Å². The topological polar surface area (TPSA) is 43.3 Å². The molecule has 2 heterocycles. The van der Waals surface area contributed by atoms with Gasteiger partial charge in [-0.25, -0.2) is 0 Å². The Morgan fingerprint density at radius 3 is 2.42 bits per heavy atom. The zero-order valence-electron chi connectivity index (χ0n) is 16.1. The summed E-state index contributed by atoms with van der Waals surface area (Å²) in [6.07, 6.45) is 2.41. The van der Waals surface area contributed by atoms with Gasteiger partial charge in [0.25, 0.3) is 0 Å². The zero-order valence-corrected chi connectivity index (χ0v) is 16.1. The Bertz CT molecular complexity index is 536. The number of rotatable bonds is 6. The van der Waals surface area contributed by atoms with Crippen molar-refractivity contribution in [2.45, 2.75) is 12.8 Å². The molecule has 1 N–H and O–H groups in total. The molecule has 1 aromatic rings. The fourth-order valence-electron chi connectivity index (χ4n) is 3.63. The van der Waals surface area contributed by atoms with E-state index in [-0.39, 0.29) is 0 Å². The second-order valence-corrected chi connectivity index (χ2v) is 6.94. The number of ether oxygens (including phenoxy) is 1. The van der Waals surface area contributed by atoms with Gasteiger partial charge < -0.3 is 19.9 Å². The van der Waals surface area contributed by atoms with Gasteiger partial charge in [-0.05, 0) is 31.5 Å². The summed E-state index contributed by atoms with van der Waals surface area (Å²) in [7, 11) is 1.89. The molecule has 0 unspecified atom stereocenters. The van der Waals surface area contributed by atoms with E-state index in [0.29, 0.717) is 0 Å². The highest BCUT2D eigenvalue weighted by Gasteiger charge is 2.19. The van der Waals surface area contributed by atoms with Crippen LogP contribution in [0, 0.1) is 0 Å². The number of guanidine groups is 1. The summed E-state index contributed by atoms with van der Waals surface area (Å²) in [5, 5.41) is 3.55. The van der Waals surface area contributed by atoms with Crippen molar-refractivity contribution in [1.82, 2.24) is 15.1 Å². The van der Waals surface area contributed by atoms with Crippen LogP contribution >= 0.6 is 0 Å². The van der Waals surface area contributed by atoms with Crippen LogP contribution in [0.3, 0.4) is 0 Å². The van der Waals surface area contributed by atoms with Crippen LogP contribution in [-0.2, 0) is 4.74 Å². The molecule has 2 saturated heterocycles. The normalized spacial score (nSPS) is 19.7. The van der Waals surface area contributed by atoms with Crippen molar-refractivity contribution in [3.63, 3.8) is 0 Å². The Balaban J connectivity index is 1.33. The Labute approximate surface area is 157 Å².